The number of ketones is 1. The van der Waals surface area contributed by atoms with Gasteiger partial charge in [0.25, 0.3) is 0 Å². The molecular formula is C8H13NO2. The van der Waals surface area contributed by atoms with Crippen LogP contribution in [0.2, 0.25) is 0 Å². The number of Topliss-reactive ketones (excluding diaryl/α,β-unsaturated/α-hetero) is 1. The van der Waals surface area contributed by atoms with Crippen molar-refractivity contribution in [3.8, 4) is 0 Å². The van der Waals surface area contributed by atoms with Crippen molar-refractivity contribution in [1.82, 2.24) is 0 Å². The Balaban J connectivity index is 2.67. The summed E-state index contributed by atoms with van der Waals surface area (Å²) in [5, 5.41) is 11.7. The van der Waals surface area contributed by atoms with Gasteiger partial charge in [-0.1, -0.05) is 11.6 Å². The molecular weight excluding hydrogens is 142 g/mol. The maximum absolute atomic E-state index is 11.0. The number of carbonyl (C=O) groups is 1. The van der Waals surface area contributed by atoms with Crippen molar-refractivity contribution < 1.29 is 10.0 Å². The summed E-state index contributed by atoms with van der Waals surface area (Å²) in [5.41, 5.74) is 0.670. The van der Waals surface area contributed by atoms with Crippen LogP contribution in [0.3, 0.4) is 0 Å². The third-order valence-corrected chi connectivity index (χ3v) is 2.20. The molecule has 1 fully saturated rings. The van der Waals surface area contributed by atoms with E-state index in [1.54, 1.807) is 6.92 Å². The lowest BCUT2D eigenvalue weighted by Gasteiger charge is -2.19. The number of oxime groups is 1. The monoisotopic (exact) mass is 155 g/mol. The summed E-state index contributed by atoms with van der Waals surface area (Å²) in [6, 6.07) is 0. The van der Waals surface area contributed by atoms with Crippen molar-refractivity contribution in [2.45, 2.75) is 32.6 Å². The Labute approximate surface area is 66.1 Å². The average molecular weight is 155 g/mol. The Morgan fingerprint density at radius 2 is 2.36 bits per heavy atom. The maximum atomic E-state index is 11.0. The molecule has 0 radical (unpaired) electrons. The summed E-state index contributed by atoms with van der Waals surface area (Å²) in [4.78, 5) is 11.0. The van der Waals surface area contributed by atoms with Crippen LogP contribution in [0, 0.1) is 5.92 Å². The Kier molecular flexibility index (Phi) is 2.63. The second-order valence-electron chi connectivity index (χ2n) is 3.00. The Hall–Kier alpha value is -0.860. The van der Waals surface area contributed by atoms with Gasteiger partial charge in [0.1, 0.15) is 5.78 Å². The van der Waals surface area contributed by atoms with Gasteiger partial charge in [-0.25, -0.2) is 0 Å². The van der Waals surface area contributed by atoms with Crippen molar-refractivity contribution in [2.24, 2.45) is 11.1 Å². The van der Waals surface area contributed by atoms with Crippen LogP contribution in [0.4, 0.5) is 0 Å². The standard InChI is InChI=1S/C8H13NO2/c1-6(10)7-4-2-3-5-8(7)9-11/h7,11H,2-5H2,1H3/b9-8+. The smallest absolute Gasteiger partial charge is 0.138 e. The van der Waals surface area contributed by atoms with Gasteiger partial charge in [-0.05, 0) is 26.2 Å². The molecule has 3 nitrogen and oxygen atoms in total. The largest absolute Gasteiger partial charge is 0.411 e. The molecule has 0 bridgehead atoms. The molecule has 0 aliphatic heterocycles. The predicted octanol–water partition coefficient (Wildman–Crippen LogP) is 1.60. The van der Waals surface area contributed by atoms with Crippen LogP contribution in [0.15, 0.2) is 5.16 Å². The molecule has 0 heterocycles. The van der Waals surface area contributed by atoms with Gasteiger partial charge in [0.2, 0.25) is 0 Å². The molecule has 0 saturated heterocycles. The van der Waals surface area contributed by atoms with Gasteiger partial charge in [-0.15, -0.1) is 0 Å². The number of carbonyl (C=O) groups excluding carboxylic acids is 1. The van der Waals surface area contributed by atoms with E-state index in [4.69, 9.17) is 5.21 Å². The molecule has 1 N–H and O–H groups in total. The summed E-state index contributed by atoms with van der Waals surface area (Å²) < 4.78 is 0. The molecule has 0 aromatic heterocycles. The highest BCUT2D eigenvalue weighted by atomic mass is 16.4. The van der Waals surface area contributed by atoms with Gasteiger partial charge in [0.05, 0.1) is 11.6 Å². The van der Waals surface area contributed by atoms with E-state index < -0.39 is 0 Å². The molecule has 1 unspecified atom stereocenters. The fourth-order valence-corrected chi connectivity index (χ4v) is 1.55. The third-order valence-electron chi connectivity index (χ3n) is 2.20. The Morgan fingerprint density at radius 1 is 1.64 bits per heavy atom. The van der Waals surface area contributed by atoms with Crippen LogP contribution >= 0.6 is 0 Å². The fraction of sp³-hybridized carbons (Fsp3) is 0.750. The van der Waals surface area contributed by atoms with Crippen LogP contribution in [-0.4, -0.2) is 16.7 Å². The first-order valence-corrected chi connectivity index (χ1v) is 3.97. The van der Waals surface area contributed by atoms with E-state index in [-0.39, 0.29) is 11.7 Å². The van der Waals surface area contributed by atoms with Gasteiger partial charge in [0, 0.05) is 0 Å². The molecule has 11 heavy (non-hydrogen) atoms. The minimum atomic E-state index is -0.103. The third kappa shape index (κ3) is 1.79. The Morgan fingerprint density at radius 3 is 2.82 bits per heavy atom. The highest BCUT2D eigenvalue weighted by molar-refractivity contribution is 6.04. The number of nitrogens with zero attached hydrogens (tertiary/aromatic N) is 1. The van der Waals surface area contributed by atoms with E-state index in [2.05, 4.69) is 5.16 Å². The fourth-order valence-electron chi connectivity index (χ4n) is 1.55. The summed E-state index contributed by atoms with van der Waals surface area (Å²) >= 11 is 0. The van der Waals surface area contributed by atoms with Crippen LogP contribution < -0.4 is 0 Å². The van der Waals surface area contributed by atoms with Crippen LogP contribution in [0.25, 0.3) is 0 Å². The lowest BCUT2D eigenvalue weighted by Crippen LogP contribution is -2.25. The molecule has 0 spiro atoms. The maximum Gasteiger partial charge on any atom is 0.138 e. The highest BCUT2D eigenvalue weighted by Gasteiger charge is 2.24. The van der Waals surface area contributed by atoms with Crippen LogP contribution in [-0.2, 0) is 4.79 Å². The Bertz CT molecular complexity index is 187. The van der Waals surface area contributed by atoms with Gasteiger partial charge >= 0.3 is 0 Å². The zero-order valence-electron chi connectivity index (χ0n) is 6.71. The van der Waals surface area contributed by atoms with E-state index in [1.807, 2.05) is 0 Å². The quantitative estimate of drug-likeness (QED) is 0.462. The summed E-state index contributed by atoms with van der Waals surface area (Å²) in [5.74, 6) is 0.0197. The van der Waals surface area contributed by atoms with Crippen molar-refractivity contribution in [3.63, 3.8) is 0 Å². The average Bonchev–Trinajstić information content (AvgIpc) is 2.04. The zero-order chi connectivity index (χ0) is 8.27. The van der Waals surface area contributed by atoms with Crippen molar-refractivity contribution in [1.29, 1.82) is 0 Å². The molecule has 1 atom stereocenters. The van der Waals surface area contributed by atoms with Gasteiger partial charge < -0.3 is 5.21 Å². The number of hydrogen-bond acceptors (Lipinski definition) is 3. The topological polar surface area (TPSA) is 49.7 Å². The first kappa shape index (κ1) is 8.24. The van der Waals surface area contributed by atoms with Crippen molar-refractivity contribution in [2.75, 3.05) is 0 Å². The summed E-state index contributed by atoms with van der Waals surface area (Å²) in [6.45, 7) is 1.56. The highest BCUT2D eigenvalue weighted by Crippen LogP contribution is 2.22. The predicted molar refractivity (Wildman–Crippen MR) is 41.9 cm³/mol. The summed E-state index contributed by atoms with van der Waals surface area (Å²) in [6.07, 6.45) is 3.75. The molecule has 0 aromatic carbocycles. The summed E-state index contributed by atoms with van der Waals surface area (Å²) in [7, 11) is 0. The van der Waals surface area contributed by atoms with E-state index in [1.165, 1.54) is 0 Å². The molecule has 62 valence electrons. The molecule has 1 aliphatic rings. The normalized spacial score (nSPS) is 28.8. The van der Waals surface area contributed by atoms with Crippen LogP contribution in [0.5, 0.6) is 0 Å². The van der Waals surface area contributed by atoms with E-state index in [0.29, 0.717) is 5.71 Å². The number of hydrogen-bond donors (Lipinski definition) is 1. The van der Waals surface area contributed by atoms with Gasteiger partial charge in [-0.2, -0.15) is 0 Å². The molecule has 0 aromatic rings. The minimum absolute atomic E-state index is 0.103. The lowest BCUT2D eigenvalue weighted by atomic mass is 9.85. The molecule has 1 aliphatic carbocycles. The van der Waals surface area contributed by atoms with E-state index in [9.17, 15) is 4.79 Å². The molecule has 0 amide bonds. The molecule has 1 rings (SSSR count). The first-order valence-electron chi connectivity index (χ1n) is 3.97. The SMILES string of the molecule is CC(=O)C1CCCC/C1=N\O. The molecule has 3 heteroatoms. The van der Waals surface area contributed by atoms with Crippen molar-refractivity contribution in [3.05, 3.63) is 0 Å². The molecule has 1 saturated carbocycles. The second kappa shape index (κ2) is 3.51. The van der Waals surface area contributed by atoms with Crippen LogP contribution in [0.1, 0.15) is 32.6 Å². The second-order valence-corrected chi connectivity index (χ2v) is 3.00. The minimum Gasteiger partial charge on any atom is -0.411 e. The van der Waals surface area contributed by atoms with Gasteiger partial charge in [0.15, 0.2) is 0 Å². The number of rotatable bonds is 1. The van der Waals surface area contributed by atoms with E-state index >= 15 is 0 Å². The van der Waals surface area contributed by atoms with Crippen molar-refractivity contribution >= 4 is 11.5 Å². The van der Waals surface area contributed by atoms with E-state index in [0.717, 1.165) is 25.7 Å². The lowest BCUT2D eigenvalue weighted by molar-refractivity contribution is -0.119. The first-order chi connectivity index (χ1) is 5.25. The zero-order valence-corrected chi connectivity index (χ0v) is 6.71. The van der Waals surface area contributed by atoms with Gasteiger partial charge in [-0.3, -0.25) is 4.79 Å².